The van der Waals surface area contributed by atoms with E-state index in [4.69, 9.17) is 10.5 Å². The molecule has 1 atom stereocenters. The fraction of sp³-hybridized carbons (Fsp3) is 0.417. The number of nitrogens with two attached hydrogens (primary N) is 1. The number of benzene rings is 1. The molecule has 0 aromatic heterocycles. The van der Waals surface area contributed by atoms with Crippen LogP contribution in [-0.4, -0.2) is 25.1 Å². The summed E-state index contributed by atoms with van der Waals surface area (Å²) >= 11 is 3.44. The van der Waals surface area contributed by atoms with Crippen LogP contribution in [-0.2, 0) is 11.2 Å². The van der Waals surface area contributed by atoms with E-state index in [9.17, 15) is 4.79 Å². The number of ether oxygens (including phenoxy) is 1. The second kappa shape index (κ2) is 5.51. The summed E-state index contributed by atoms with van der Waals surface area (Å²) in [4.78, 5) is 10.6. The highest BCUT2D eigenvalue weighted by atomic mass is 79.9. The minimum atomic E-state index is -0.281. The van der Waals surface area contributed by atoms with Gasteiger partial charge in [0, 0.05) is 30.4 Å². The van der Waals surface area contributed by atoms with Gasteiger partial charge in [0.2, 0.25) is 5.91 Å². The Balaban J connectivity index is 1.78. The van der Waals surface area contributed by atoms with E-state index in [1.165, 1.54) is 5.56 Å². The third-order valence-electron chi connectivity index (χ3n) is 2.68. The monoisotopic (exact) mass is 298 g/mol. The Hall–Kier alpha value is -1.07. The normalized spacial score (nSPS) is 17.6. The fourth-order valence-electron chi connectivity index (χ4n) is 1.88. The van der Waals surface area contributed by atoms with Crippen molar-refractivity contribution in [2.24, 2.45) is 5.73 Å². The van der Waals surface area contributed by atoms with Crippen molar-refractivity contribution in [1.82, 2.24) is 5.32 Å². The summed E-state index contributed by atoms with van der Waals surface area (Å²) < 4.78 is 6.84. The second-order valence-electron chi connectivity index (χ2n) is 4.12. The van der Waals surface area contributed by atoms with Crippen LogP contribution in [0, 0.1) is 0 Å². The van der Waals surface area contributed by atoms with E-state index >= 15 is 0 Å². The van der Waals surface area contributed by atoms with Gasteiger partial charge in [0.1, 0.15) is 11.9 Å². The SMILES string of the molecule is NC(=O)CCNCC1Cc2cc(Br)ccc2O1. The Morgan fingerprint density at radius 1 is 1.59 bits per heavy atom. The van der Waals surface area contributed by atoms with E-state index < -0.39 is 0 Å². The Kier molecular flexibility index (Phi) is 4.02. The smallest absolute Gasteiger partial charge is 0.218 e. The molecule has 2 rings (SSSR count). The molecular formula is C12H15BrN2O2. The number of carbonyl (C=O) groups is 1. The predicted octanol–water partition coefficient (Wildman–Crippen LogP) is 1.22. The van der Waals surface area contributed by atoms with E-state index in [2.05, 4.69) is 27.3 Å². The molecule has 0 spiro atoms. The van der Waals surface area contributed by atoms with Crippen molar-refractivity contribution in [1.29, 1.82) is 0 Å². The van der Waals surface area contributed by atoms with Crippen molar-refractivity contribution < 1.29 is 9.53 Å². The molecule has 3 N–H and O–H groups in total. The lowest BCUT2D eigenvalue weighted by Crippen LogP contribution is -2.32. The minimum absolute atomic E-state index is 0.146. The highest BCUT2D eigenvalue weighted by Gasteiger charge is 2.22. The van der Waals surface area contributed by atoms with Crippen LogP contribution < -0.4 is 15.8 Å². The highest BCUT2D eigenvalue weighted by molar-refractivity contribution is 9.10. The minimum Gasteiger partial charge on any atom is -0.488 e. The Morgan fingerprint density at radius 2 is 2.41 bits per heavy atom. The maximum absolute atomic E-state index is 10.6. The summed E-state index contributed by atoms with van der Waals surface area (Å²) in [5, 5.41) is 3.17. The summed E-state index contributed by atoms with van der Waals surface area (Å²) in [6, 6.07) is 6.03. The molecule has 1 aliphatic heterocycles. The summed E-state index contributed by atoms with van der Waals surface area (Å²) in [5.41, 5.74) is 6.28. The van der Waals surface area contributed by atoms with Gasteiger partial charge in [-0.15, -0.1) is 0 Å². The molecule has 17 heavy (non-hydrogen) atoms. The number of hydrogen-bond acceptors (Lipinski definition) is 3. The first kappa shape index (κ1) is 12.4. The largest absolute Gasteiger partial charge is 0.488 e. The van der Waals surface area contributed by atoms with Crippen LogP contribution in [0.25, 0.3) is 0 Å². The summed E-state index contributed by atoms with van der Waals surface area (Å²) in [6.07, 6.45) is 1.41. The number of halogens is 1. The number of fused-ring (bicyclic) bond motifs is 1. The van der Waals surface area contributed by atoms with Crippen LogP contribution in [0.15, 0.2) is 22.7 Å². The lowest BCUT2D eigenvalue weighted by atomic mass is 10.1. The molecule has 1 aromatic carbocycles. The van der Waals surface area contributed by atoms with Crippen molar-refractivity contribution in [2.75, 3.05) is 13.1 Å². The average Bonchev–Trinajstić information content (AvgIpc) is 2.66. The van der Waals surface area contributed by atoms with E-state index in [1.54, 1.807) is 0 Å². The van der Waals surface area contributed by atoms with Crippen LogP contribution in [0.3, 0.4) is 0 Å². The van der Waals surface area contributed by atoms with Gasteiger partial charge >= 0.3 is 0 Å². The molecule has 1 unspecified atom stereocenters. The van der Waals surface area contributed by atoms with Gasteiger partial charge in [-0.25, -0.2) is 0 Å². The van der Waals surface area contributed by atoms with Gasteiger partial charge in [-0.2, -0.15) is 0 Å². The van der Waals surface area contributed by atoms with Crippen molar-refractivity contribution >= 4 is 21.8 Å². The molecule has 1 heterocycles. The second-order valence-corrected chi connectivity index (χ2v) is 5.03. The molecule has 0 radical (unpaired) electrons. The third kappa shape index (κ3) is 3.44. The van der Waals surface area contributed by atoms with E-state index in [-0.39, 0.29) is 12.0 Å². The lowest BCUT2D eigenvalue weighted by Gasteiger charge is -2.11. The standard InChI is InChI=1S/C12H15BrN2O2/c13-9-1-2-11-8(5-9)6-10(17-11)7-15-4-3-12(14)16/h1-2,5,10,15H,3-4,6-7H2,(H2,14,16). The van der Waals surface area contributed by atoms with Crippen molar-refractivity contribution in [3.8, 4) is 5.75 Å². The molecule has 0 aliphatic carbocycles. The van der Waals surface area contributed by atoms with E-state index in [0.29, 0.717) is 13.0 Å². The molecule has 0 saturated carbocycles. The predicted molar refractivity (Wildman–Crippen MR) is 68.9 cm³/mol. The van der Waals surface area contributed by atoms with Gasteiger partial charge in [-0.05, 0) is 23.8 Å². The lowest BCUT2D eigenvalue weighted by molar-refractivity contribution is -0.117. The Bertz CT molecular complexity index is 423. The zero-order chi connectivity index (χ0) is 12.3. The van der Waals surface area contributed by atoms with Crippen molar-refractivity contribution in [3.63, 3.8) is 0 Å². The molecule has 0 fully saturated rings. The van der Waals surface area contributed by atoms with Gasteiger partial charge in [0.05, 0.1) is 0 Å². The van der Waals surface area contributed by atoms with E-state index in [0.717, 1.165) is 23.2 Å². The summed E-state index contributed by atoms with van der Waals surface area (Å²) in [5.74, 6) is 0.673. The van der Waals surface area contributed by atoms with Gasteiger partial charge < -0.3 is 15.8 Å². The van der Waals surface area contributed by atoms with Crippen LogP contribution in [0.2, 0.25) is 0 Å². The zero-order valence-corrected chi connectivity index (χ0v) is 11.0. The highest BCUT2D eigenvalue weighted by Crippen LogP contribution is 2.30. The van der Waals surface area contributed by atoms with Gasteiger partial charge in [0.15, 0.2) is 0 Å². The Morgan fingerprint density at radius 3 is 3.18 bits per heavy atom. The van der Waals surface area contributed by atoms with Crippen LogP contribution >= 0.6 is 15.9 Å². The molecule has 92 valence electrons. The topological polar surface area (TPSA) is 64.4 Å². The number of primary amides is 1. The van der Waals surface area contributed by atoms with Gasteiger partial charge in [-0.3, -0.25) is 4.79 Å². The molecule has 4 nitrogen and oxygen atoms in total. The number of rotatable bonds is 5. The number of carbonyl (C=O) groups excluding carboxylic acids is 1. The van der Waals surface area contributed by atoms with Crippen molar-refractivity contribution in [2.45, 2.75) is 18.9 Å². The van der Waals surface area contributed by atoms with Crippen LogP contribution in [0.1, 0.15) is 12.0 Å². The molecule has 0 saturated heterocycles. The van der Waals surface area contributed by atoms with Gasteiger partial charge in [0.25, 0.3) is 0 Å². The summed E-state index contributed by atoms with van der Waals surface area (Å²) in [7, 11) is 0. The fourth-order valence-corrected chi connectivity index (χ4v) is 2.29. The number of amides is 1. The van der Waals surface area contributed by atoms with Crippen LogP contribution in [0.5, 0.6) is 5.75 Å². The average molecular weight is 299 g/mol. The molecule has 5 heteroatoms. The quantitative estimate of drug-likeness (QED) is 0.804. The first-order valence-corrected chi connectivity index (χ1v) is 6.38. The molecule has 1 aromatic rings. The first-order valence-electron chi connectivity index (χ1n) is 5.59. The maximum Gasteiger partial charge on any atom is 0.218 e. The number of nitrogens with one attached hydrogen (secondary N) is 1. The van der Waals surface area contributed by atoms with E-state index in [1.807, 2.05) is 12.1 Å². The third-order valence-corrected chi connectivity index (χ3v) is 3.18. The maximum atomic E-state index is 10.6. The first-order chi connectivity index (χ1) is 8.15. The van der Waals surface area contributed by atoms with Gasteiger partial charge in [-0.1, -0.05) is 15.9 Å². The molecular weight excluding hydrogens is 284 g/mol. The Labute approximate surface area is 109 Å². The van der Waals surface area contributed by atoms with Crippen LogP contribution in [0.4, 0.5) is 0 Å². The molecule has 1 amide bonds. The van der Waals surface area contributed by atoms with Crippen molar-refractivity contribution in [3.05, 3.63) is 28.2 Å². The molecule has 0 bridgehead atoms. The summed E-state index contributed by atoms with van der Waals surface area (Å²) in [6.45, 7) is 1.34. The molecule has 1 aliphatic rings. The zero-order valence-electron chi connectivity index (χ0n) is 9.41. The number of hydrogen-bond donors (Lipinski definition) is 2.